The van der Waals surface area contributed by atoms with E-state index in [0.29, 0.717) is 33.0 Å². The molecule has 1 fully saturated rings. The van der Waals surface area contributed by atoms with E-state index in [1.807, 2.05) is 115 Å². The Morgan fingerprint density at radius 2 is 0.489 bits per heavy atom. The highest BCUT2D eigenvalue weighted by molar-refractivity contribution is 5.18. The first-order chi connectivity index (χ1) is 23.2. The highest BCUT2D eigenvalue weighted by atomic mass is 16.6. The van der Waals surface area contributed by atoms with Gasteiger partial charge in [0.25, 0.3) is 0 Å². The van der Waals surface area contributed by atoms with Gasteiger partial charge in [-0.15, -0.1) is 0 Å². The zero-order valence-corrected chi connectivity index (χ0v) is 26.6. The first kappa shape index (κ1) is 32.8. The summed E-state index contributed by atoms with van der Waals surface area (Å²) in [6.07, 6.45) is -2.73. The predicted octanol–water partition coefficient (Wildman–Crippen LogP) is 7.25. The fourth-order valence-corrected chi connectivity index (χ4v) is 6.00. The van der Waals surface area contributed by atoms with Crippen molar-refractivity contribution in [2.45, 2.75) is 69.6 Å². The molecule has 5 aromatic rings. The molecule has 1 aliphatic carbocycles. The molecule has 0 radical (unpaired) electrons. The van der Waals surface area contributed by atoms with Gasteiger partial charge in [-0.2, -0.15) is 0 Å². The molecule has 2 unspecified atom stereocenters. The van der Waals surface area contributed by atoms with Crippen molar-refractivity contribution in [2.24, 2.45) is 5.73 Å². The minimum Gasteiger partial charge on any atom is -0.369 e. The van der Waals surface area contributed by atoms with E-state index >= 15 is 0 Å². The topological polar surface area (TPSA) is 72.2 Å². The maximum atomic E-state index is 7.17. The Hall–Kier alpha value is -4.14. The molecule has 0 heterocycles. The lowest BCUT2D eigenvalue weighted by atomic mass is 9.82. The molecular weight excluding hydrogens is 586 g/mol. The number of ether oxygens (including phenoxy) is 5. The van der Waals surface area contributed by atoms with Gasteiger partial charge in [0.2, 0.25) is 0 Å². The molecule has 6 heteroatoms. The van der Waals surface area contributed by atoms with Gasteiger partial charge in [0.05, 0.1) is 39.1 Å². The van der Waals surface area contributed by atoms with Crippen molar-refractivity contribution < 1.29 is 23.7 Å². The summed E-state index contributed by atoms with van der Waals surface area (Å²) in [6, 6.07) is 50.0. The molecule has 0 saturated heterocycles. The van der Waals surface area contributed by atoms with Crippen molar-refractivity contribution in [3.63, 3.8) is 0 Å². The quantitative estimate of drug-likeness (QED) is 0.132. The van der Waals surface area contributed by atoms with Crippen LogP contribution in [0.25, 0.3) is 0 Å². The summed E-state index contributed by atoms with van der Waals surface area (Å²) in [5.74, 6) is 0. The van der Waals surface area contributed by atoms with Crippen LogP contribution < -0.4 is 5.73 Å². The standard InChI is InChI=1S/C41H43NO5/c42-36-37(43-26-31-16-6-1-7-17-31)39(45-28-33-20-10-3-11-21-33)41(47-30-35-24-14-5-15-25-35)40(46-29-34-22-12-4-13-23-34)38(36)44-27-32-18-8-2-9-19-32/h1-25,36-41H,26-30,42H2/t36?,37-,38+,39+,40-,41?. The van der Waals surface area contributed by atoms with Gasteiger partial charge in [-0.3, -0.25) is 0 Å². The number of nitrogens with two attached hydrogens (primary N) is 1. The molecule has 1 saturated carbocycles. The molecule has 47 heavy (non-hydrogen) atoms. The van der Waals surface area contributed by atoms with Crippen molar-refractivity contribution in [1.82, 2.24) is 0 Å². The molecule has 0 bridgehead atoms. The SMILES string of the molecule is NC1[C@@H](OCc2ccccc2)[C@H](OCc2ccccc2)C(OCc2ccccc2)[C@H](OCc2ccccc2)[C@H]1OCc1ccccc1. The molecular formula is C41H43NO5. The Balaban J connectivity index is 1.35. The third kappa shape index (κ3) is 9.24. The van der Waals surface area contributed by atoms with E-state index < -0.39 is 36.6 Å². The monoisotopic (exact) mass is 629 g/mol. The molecule has 6 rings (SSSR count). The van der Waals surface area contributed by atoms with E-state index in [9.17, 15) is 0 Å². The molecule has 6 nitrogen and oxygen atoms in total. The van der Waals surface area contributed by atoms with Crippen LogP contribution in [0.5, 0.6) is 0 Å². The number of hydrogen-bond acceptors (Lipinski definition) is 6. The maximum Gasteiger partial charge on any atom is 0.115 e. The highest BCUT2D eigenvalue weighted by Crippen LogP contribution is 2.34. The second kappa shape index (κ2) is 17.1. The van der Waals surface area contributed by atoms with Crippen LogP contribution >= 0.6 is 0 Å². The third-order valence-electron chi connectivity index (χ3n) is 8.48. The van der Waals surface area contributed by atoms with E-state index in [1.165, 1.54) is 0 Å². The molecule has 2 N–H and O–H groups in total. The Kier molecular flexibility index (Phi) is 12.0. The second-order valence-corrected chi connectivity index (χ2v) is 11.9. The Morgan fingerprint density at radius 1 is 0.298 bits per heavy atom. The zero-order chi connectivity index (χ0) is 32.1. The smallest absolute Gasteiger partial charge is 0.115 e. The Labute approximate surface area is 278 Å². The van der Waals surface area contributed by atoms with E-state index in [-0.39, 0.29) is 0 Å². The zero-order valence-electron chi connectivity index (χ0n) is 26.6. The first-order valence-electron chi connectivity index (χ1n) is 16.3. The summed E-state index contributed by atoms with van der Waals surface area (Å²) in [7, 11) is 0. The number of benzene rings is 5. The maximum absolute atomic E-state index is 7.17. The Bertz CT molecular complexity index is 1470. The van der Waals surface area contributed by atoms with Crippen LogP contribution in [0.4, 0.5) is 0 Å². The molecule has 0 amide bonds. The lowest BCUT2D eigenvalue weighted by Gasteiger charge is -2.49. The van der Waals surface area contributed by atoms with Gasteiger partial charge in [-0.05, 0) is 27.8 Å². The molecule has 0 spiro atoms. The normalized spacial score (nSPS) is 22.6. The molecule has 0 aromatic heterocycles. The van der Waals surface area contributed by atoms with Crippen LogP contribution in [0.2, 0.25) is 0 Å². The summed E-state index contributed by atoms with van der Waals surface area (Å²) in [6.45, 7) is 1.85. The summed E-state index contributed by atoms with van der Waals surface area (Å²) in [4.78, 5) is 0. The van der Waals surface area contributed by atoms with Crippen LogP contribution in [0, 0.1) is 0 Å². The van der Waals surface area contributed by atoms with E-state index in [0.717, 1.165) is 27.8 Å². The van der Waals surface area contributed by atoms with Gasteiger partial charge >= 0.3 is 0 Å². The third-order valence-corrected chi connectivity index (χ3v) is 8.48. The van der Waals surface area contributed by atoms with Crippen LogP contribution in [-0.2, 0) is 56.7 Å². The lowest BCUT2D eigenvalue weighted by molar-refractivity contribution is -0.256. The largest absolute Gasteiger partial charge is 0.369 e. The van der Waals surface area contributed by atoms with Crippen molar-refractivity contribution >= 4 is 0 Å². The number of rotatable bonds is 15. The van der Waals surface area contributed by atoms with Gasteiger partial charge in [0.1, 0.15) is 30.5 Å². The second-order valence-electron chi connectivity index (χ2n) is 11.9. The fraction of sp³-hybridized carbons (Fsp3) is 0.268. The minimum absolute atomic E-state index is 0.369. The summed E-state index contributed by atoms with van der Waals surface area (Å²) in [5.41, 5.74) is 12.4. The fourth-order valence-electron chi connectivity index (χ4n) is 6.00. The lowest BCUT2D eigenvalue weighted by Crippen LogP contribution is -2.69. The van der Waals surface area contributed by atoms with Crippen molar-refractivity contribution in [1.29, 1.82) is 0 Å². The molecule has 5 aromatic carbocycles. The van der Waals surface area contributed by atoms with Crippen molar-refractivity contribution in [2.75, 3.05) is 0 Å². The van der Waals surface area contributed by atoms with Gasteiger partial charge in [-0.1, -0.05) is 152 Å². The summed E-state index contributed by atoms with van der Waals surface area (Å²) < 4.78 is 33.7. The van der Waals surface area contributed by atoms with Gasteiger partial charge < -0.3 is 29.4 Å². The minimum atomic E-state index is -0.569. The van der Waals surface area contributed by atoms with Crippen LogP contribution in [0.15, 0.2) is 152 Å². The average Bonchev–Trinajstić information content (AvgIpc) is 3.14. The highest BCUT2D eigenvalue weighted by Gasteiger charge is 2.53. The molecule has 0 aliphatic heterocycles. The first-order valence-corrected chi connectivity index (χ1v) is 16.3. The average molecular weight is 630 g/mol. The van der Waals surface area contributed by atoms with Gasteiger partial charge in [0, 0.05) is 0 Å². The summed E-state index contributed by atoms with van der Waals surface area (Å²) >= 11 is 0. The summed E-state index contributed by atoms with van der Waals surface area (Å²) in [5, 5.41) is 0. The van der Waals surface area contributed by atoms with Crippen LogP contribution in [-0.4, -0.2) is 36.6 Å². The van der Waals surface area contributed by atoms with Crippen molar-refractivity contribution in [3.8, 4) is 0 Å². The van der Waals surface area contributed by atoms with E-state index in [1.54, 1.807) is 0 Å². The van der Waals surface area contributed by atoms with Gasteiger partial charge in [-0.25, -0.2) is 0 Å². The molecule has 6 atom stereocenters. The van der Waals surface area contributed by atoms with Crippen molar-refractivity contribution in [3.05, 3.63) is 179 Å². The van der Waals surface area contributed by atoms with Gasteiger partial charge in [0.15, 0.2) is 0 Å². The van der Waals surface area contributed by atoms with E-state index in [4.69, 9.17) is 29.4 Å². The van der Waals surface area contributed by atoms with Crippen LogP contribution in [0.1, 0.15) is 27.8 Å². The molecule has 1 aliphatic rings. The predicted molar refractivity (Wildman–Crippen MR) is 183 cm³/mol. The van der Waals surface area contributed by atoms with E-state index in [2.05, 4.69) is 36.4 Å². The number of hydrogen-bond donors (Lipinski definition) is 1. The van der Waals surface area contributed by atoms with Crippen LogP contribution in [0.3, 0.4) is 0 Å². The Morgan fingerprint density at radius 3 is 0.723 bits per heavy atom. The molecule has 242 valence electrons.